The lowest BCUT2D eigenvalue weighted by molar-refractivity contribution is 0.0932. The second-order valence-electron chi connectivity index (χ2n) is 7.55. The van der Waals surface area contributed by atoms with Crippen molar-refractivity contribution in [3.8, 4) is 11.3 Å². The molecular formula is C21H22ClN5O. The minimum Gasteiger partial charge on any atom is -0.344 e. The van der Waals surface area contributed by atoms with Crippen LogP contribution >= 0.6 is 11.6 Å². The van der Waals surface area contributed by atoms with E-state index in [9.17, 15) is 4.79 Å². The number of amides is 1. The van der Waals surface area contributed by atoms with Gasteiger partial charge in [-0.2, -0.15) is 0 Å². The first-order valence-electron chi connectivity index (χ1n) is 9.68. The van der Waals surface area contributed by atoms with Crippen LogP contribution in [0, 0.1) is 0 Å². The molecule has 7 heteroatoms. The maximum Gasteiger partial charge on any atom is 0.268 e. The molecule has 0 unspecified atom stereocenters. The smallest absolute Gasteiger partial charge is 0.268 e. The molecule has 1 aliphatic heterocycles. The highest BCUT2D eigenvalue weighted by Gasteiger charge is 2.43. The Labute approximate surface area is 168 Å². The summed E-state index contributed by atoms with van der Waals surface area (Å²) in [5.74, 6) is 0.660. The van der Waals surface area contributed by atoms with Gasteiger partial charge in [0, 0.05) is 23.8 Å². The quantitative estimate of drug-likeness (QED) is 0.633. The molecule has 3 N–H and O–H groups in total. The summed E-state index contributed by atoms with van der Waals surface area (Å²) in [5, 5.41) is 7.34. The summed E-state index contributed by atoms with van der Waals surface area (Å²) in [5.41, 5.74) is 3.98. The predicted octanol–water partition coefficient (Wildman–Crippen LogP) is 3.44. The van der Waals surface area contributed by atoms with Crippen LogP contribution in [0.1, 0.15) is 41.3 Å². The minimum absolute atomic E-state index is 0.0629. The number of carbonyl (C=O) groups is 1. The Kier molecular flexibility index (Phi) is 4.25. The molecule has 1 amide bonds. The lowest BCUT2D eigenvalue weighted by atomic mass is 9.73. The predicted molar refractivity (Wildman–Crippen MR) is 108 cm³/mol. The number of rotatable bonds is 4. The number of nitrogens with zero attached hydrogens (tertiary/aromatic N) is 2. The van der Waals surface area contributed by atoms with Crippen molar-refractivity contribution in [3.63, 3.8) is 0 Å². The molecule has 1 spiro atoms. The first-order chi connectivity index (χ1) is 13.6. The number of nitrogens with one attached hydrogen (secondary N) is 3. The molecule has 0 saturated heterocycles. The number of aromatic nitrogens is 3. The zero-order valence-corrected chi connectivity index (χ0v) is 16.2. The number of fused-ring (bicyclic) bond motifs is 2. The van der Waals surface area contributed by atoms with E-state index in [2.05, 4.69) is 31.2 Å². The molecule has 2 aliphatic rings. The van der Waals surface area contributed by atoms with Crippen LogP contribution in [0.2, 0.25) is 5.02 Å². The van der Waals surface area contributed by atoms with Crippen molar-refractivity contribution in [2.24, 2.45) is 0 Å². The van der Waals surface area contributed by atoms with Crippen LogP contribution in [0.4, 0.5) is 0 Å². The Morgan fingerprint density at radius 2 is 2.04 bits per heavy atom. The standard InChI is InChI=1S/C21H22ClN5O/c22-15-4-2-14(3-5-15)16-12-23-19(26-16)13-24-20(28)17-6-7-18-21(8-1-9-21)25-10-11-27(17)18/h2-7,12,25H,1,8-11,13H2,(H,23,26)(H,24,28). The topological polar surface area (TPSA) is 74.7 Å². The maximum absolute atomic E-state index is 12.8. The maximum atomic E-state index is 12.8. The summed E-state index contributed by atoms with van der Waals surface area (Å²) in [7, 11) is 0. The van der Waals surface area contributed by atoms with Crippen molar-refractivity contribution in [1.82, 2.24) is 25.2 Å². The third-order valence-electron chi connectivity index (χ3n) is 5.91. The highest BCUT2D eigenvalue weighted by Crippen LogP contribution is 2.43. The first-order valence-corrected chi connectivity index (χ1v) is 10.1. The first kappa shape index (κ1) is 17.5. The van der Waals surface area contributed by atoms with E-state index in [1.165, 1.54) is 12.1 Å². The fourth-order valence-electron chi connectivity index (χ4n) is 4.27. The second kappa shape index (κ2) is 6.79. The van der Waals surface area contributed by atoms with Crippen LogP contribution in [-0.2, 0) is 18.6 Å². The highest BCUT2D eigenvalue weighted by atomic mass is 35.5. The van der Waals surface area contributed by atoms with Gasteiger partial charge in [-0.25, -0.2) is 4.98 Å². The van der Waals surface area contributed by atoms with Gasteiger partial charge in [0.1, 0.15) is 11.5 Å². The summed E-state index contributed by atoms with van der Waals surface area (Å²) >= 11 is 5.94. The molecule has 5 rings (SSSR count). The molecule has 0 atom stereocenters. The van der Waals surface area contributed by atoms with E-state index in [-0.39, 0.29) is 11.4 Å². The Morgan fingerprint density at radius 3 is 2.79 bits per heavy atom. The van der Waals surface area contributed by atoms with Gasteiger partial charge in [0.15, 0.2) is 0 Å². The van der Waals surface area contributed by atoms with Crippen molar-refractivity contribution < 1.29 is 4.79 Å². The van der Waals surface area contributed by atoms with E-state index < -0.39 is 0 Å². The van der Waals surface area contributed by atoms with Gasteiger partial charge in [0.2, 0.25) is 0 Å². The Balaban J connectivity index is 1.28. The molecule has 144 valence electrons. The molecule has 1 aliphatic carbocycles. The molecule has 1 fully saturated rings. The van der Waals surface area contributed by atoms with Crippen molar-refractivity contribution >= 4 is 17.5 Å². The molecular weight excluding hydrogens is 374 g/mol. The van der Waals surface area contributed by atoms with Gasteiger partial charge in [-0.15, -0.1) is 0 Å². The lowest BCUT2D eigenvalue weighted by Crippen LogP contribution is -2.54. The molecule has 0 radical (unpaired) electrons. The van der Waals surface area contributed by atoms with E-state index in [4.69, 9.17) is 11.6 Å². The van der Waals surface area contributed by atoms with E-state index in [1.54, 1.807) is 6.20 Å². The van der Waals surface area contributed by atoms with Crippen molar-refractivity contribution in [2.45, 2.75) is 37.9 Å². The number of imidazole rings is 1. The largest absolute Gasteiger partial charge is 0.344 e. The number of hydrogen-bond donors (Lipinski definition) is 3. The van der Waals surface area contributed by atoms with Gasteiger partial charge < -0.3 is 20.2 Å². The zero-order chi connectivity index (χ0) is 19.1. The Bertz CT molecular complexity index is 1020. The third kappa shape index (κ3) is 2.93. The molecule has 28 heavy (non-hydrogen) atoms. The van der Waals surface area contributed by atoms with E-state index in [1.807, 2.05) is 30.3 Å². The molecule has 3 heterocycles. The second-order valence-corrected chi connectivity index (χ2v) is 7.99. The van der Waals surface area contributed by atoms with Crippen LogP contribution in [0.15, 0.2) is 42.6 Å². The number of aromatic amines is 1. The number of H-pyrrole nitrogens is 1. The number of carbonyl (C=O) groups excluding carboxylic acids is 1. The Morgan fingerprint density at radius 1 is 1.21 bits per heavy atom. The molecule has 1 aromatic carbocycles. The van der Waals surface area contributed by atoms with E-state index >= 15 is 0 Å². The average molecular weight is 396 g/mol. The van der Waals surface area contributed by atoms with Crippen molar-refractivity contribution in [3.05, 3.63) is 64.8 Å². The Hall–Kier alpha value is -2.57. The van der Waals surface area contributed by atoms with Crippen molar-refractivity contribution in [1.29, 1.82) is 0 Å². The summed E-state index contributed by atoms with van der Waals surface area (Å²) in [6.45, 7) is 2.09. The number of halogens is 1. The molecule has 1 saturated carbocycles. The normalized spacial score (nSPS) is 17.2. The summed E-state index contributed by atoms with van der Waals surface area (Å²) in [6, 6.07) is 11.6. The van der Waals surface area contributed by atoms with Gasteiger partial charge in [0.05, 0.1) is 24.0 Å². The number of benzene rings is 1. The number of hydrogen-bond acceptors (Lipinski definition) is 3. The molecule has 3 aromatic rings. The third-order valence-corrected chi connectivity index (χ3v) is 6.16. The van der Waals surface area contributed by atoms with Crippen LogP contribution in [-0.4, -0.2) is 27.0 Å². The van der Waals surface area contributed by atoms with E-state index in [0.29, 0.717) is 11.6 Å². The summed E-state index contributed by atoms with van der Waals surface area (Å²) < 4.78 is 2.17. The van der Waals surface area contributed by atoms with Gasteiger partial charge in [-0.05, 0) is 49.1 Å². The monoisotopic (exact) mass is 395 g/mol. The van der Waals surface area contributed by atoms with Crippen LogP contribution in [0.5, 0.6) is 0 Å². The average Bonchev–Trinajstić information content (AvgIpc) is 3.32. The molecule has 2 aromatic heterocycles. The van der Waals surface area contributed by atoms with Crippen LogP contribution in [0.3, 0.4) is 0 Å². The van der Waals surface area contributed by atoms with Crippen molar-refractivity contribution in [2.75, 3.05) is 6.54 Å². The molecule has 0 bridgehead atoms. The van der Waals surface area contributed by atoms with Crippen LogP contribution < -0.4 is 10.6 Å². The lowest BCUT2D eigenvalue weighted by Gasteiger charge is -2.46. The van der Waals surface area contributed by atoms with Crippen LogP contribution in [0.25, 0.3) is 11.3 Å². The minimum atomic E-state index is -0.0629. The summed E-state index contributed by atoms with van der Waals surface area (Å²) in [6.07, 6.45) is 5.32. The molecule has 6 nitrogen and oxygen atoms in total. The summed E-state index contributed by atoms with van der Waals surface area (Å²) in [4.78, 5) is 20.4. The van der Waals surface area contributed by atoms with Gasteiger partial charge in [-0.3, -0.25) is 4.79 Å². The highest BCUT2D eigenvalue weighted by molar-refractivity contribution is 6.30. The van der Waals surface area contributed by atoms with Gasteiger partial charge in [-0.1, -0.05) is 23.7 Å². The van der Waals surface area contributed by atoms with E-state index in [0.717, 1.165) is 48.7 Å². The fraction of sp³-hybridized carbons (Fsp3) is 0.333. The zero-order valence-electron chi connectivity index (χ0n) is 15.5. The van der Waals surface area contributed by atoms with Gasteiger partial charge >= 0.3 is 0 Å². The SMILES string of the molecule is O=C(NCc1ncc(-c2ccc(Cl)cc2)[nH]1)c1ccc2n1CCNC21CCC1. The van der Waals surface area contributed by atoms with Gasteiger partial charge in [0.25, 0.3) is 5.91 Å². The fourth-order valence-corrected chi connectivity index (χ4v) is 4.39.